The van der Waals surface area contributed by atoms with Crippen molar-refractivity contribution in [3.05, 3.63) is 29.3 Å². The maximum Gasteiger partial charge on any atom is 0.122 e. The Labute approximate surface area is 81.9 Å². The van der Waals surface area contributed by atoms with Crippen LogP contribution in [0, 0.1) is 6.92 Å². The lowest BCUT2D eigenvalue weighted by atomic mass is 10.1. The second-order valence-electron chi connectivity index (χ2n) is 2.67. The second-order valence-corrected chi connectivity index (χ2v) is 3.23. The summed E-state index contributed by atoms with van der Waals surface area (Å²) < 4.78 is 5.42. The van der Waals surface area contributed by atoms with Gasteiger partial charge in [-0.2, -0.15) is 0 Å². The van der Waals surface area contributed by atoms with E-state index in [4.69, 9.17) is 4.74 Å². The highest BCUT2D eigenvalue weighted by Crippen LogP contribution is 2.20. The van der Waals surface area contributed by atoms with Crippen LogP contribution in [0.2, 0.25) is 0 Å². The van der Waals surface area contributed by atoms with Gasteiger partial charge in [0.05, 0.1) is 6.61 Å². The van der Waals surface area contributed by atoms with Gasteiger partial charge in [-0.3, -0.25) is 0 Å². The number of hydrogen-bond acceptors (Lipinski definition) is 1. The van der Waals surface area contributed by atoms with Crippen LogP contribution >= 0.6 is 15.9 Å². The first-order chi connectivity index (χ1) is 5.77. The van der Waals surface area contributed by atoms with Gasteiger partial charge in [-0.25, -0.2) is 0 Å². The first-order valence-electron chi connectivity index (χ1n) is 4.06. The first-order valence-corrected chi connectivity index (χ1v) is 5.18. The monoisotopic (exact) mass is 228 g/mol. The number of alkyl halides is 1. The number of rotatable bonds is 3. The lowest BCUT2D eigenvalue weighted by Crippen LogP contribution is -1.94. The third kappa shape index (κ3) is 2.24. The van der Waals surface area contributed by atoms with E-state index in [1.165, 1.54) is 11.1 Å². The fourth-order valence-electron chi connectivity index (χ4n) is 1.11. The highest BCUT2D eigenvalue weighted by Gasteiger charge is 1.98. The van der Waals surface area contributed by atoms with Crippen molar-refractivity contribution in [1.82, 2.24) is 0 Å². The third-order valence-corrected chi connectivity index (χ3v) is 2.34. The van der Waals surface area contributed by atoms with Crippen molar-refractivity contribution >= 4 is 15.9 Å². The molecule has 0 atom stereocenters. The summed E-state index contributed by atoms with van der Waals surface area (Å²) in [6.07, 6.45) is 0. The smallest absolute Gasteiger partial charge is 0.122 e. The predicted molar refractivity (Wildman–Crippen MR) is 55.0 cm³/mol. The average Bonchev–Trinajstić information content (AvgIpc) is 2.09. The van der Waals surface area contributed by atoms with E-state index >= 15 is 0 Å². The molecule has 0 radical (unpaired) electrons. The molecule has 0 unspecified atom stereocenters. The molecule has 0 saturated heterocycles. The zero-order chi connectivity index (χ0) is 8.97. The van der Waals surface area contributed by atoms with Crippen molar-refractivity contribution in [2.45, 2.75) is 19.2 Å². The molecule has 1 nitrogen and oxygen atoms in total. The van der Waals surface area contributed by atoms with E-state index in [1.807, 2.05) is 13.0 Å². The largest absolute Gasteiger partial charge is 0.494 e. The summed E-state index contributed by atoms with van der Waals surface area (Å²) in [5.74, 6) is 0.988. The van der Waals surface area contributed by atoms with Crippen LogP contribution in [0.1, 0.15) is 18.1 Å². The summed E-state index contributed by atoms with van der Waals surface area (Å²) in [5, 5.41) is 0.903. The number of aryl methyl sites for hydroxylation is 1. The molecule has 1 aromatic rings. The molecule has 0 aliphatic rings. The Bertz CT molecular complexity index is 258. The summed E-state index contributed by atoms with van der Waals surface area (Å²) in [4.78, 5) is 0. The van der Waals surface area contributed by atoms with E-state index < -0.39 is 0 Å². The maximum absolute atomic E-state index is 5.42. The number of benzene rings is 1. The van der Waals surface area contributed by atoms with Crippen molar-refractivity contribution in [2.75, 3.05) is 6.61 Å². The summed E-state index contributed by atoms with van der Waals surface area (Å²) >= 11 is 3.41. The molecule has 66 valence electrons. The predicted octanol–water partition coefficient (Wildman–Crippen LogP) is 3.29. The first kappa shape index (κ1) is 9.59. The van der Waals surface area contributed by atoms with E-state index in [0.29, 0.717) is 0 Å². The molecule has 0 spiro atoms. The zero-order valence-corrected chi connectivity index (χ0v) is 9.02. The summed E-state index contributed by atoms with van der Waals surface area (Å²) in [6.45, 7) is 4.80. The molecular weight excluding hydrogens is 216 g/mol. The summed E-state index contributed by atoms with van der Waals surface area (Å²) in [5.41, 5.74) is 2.49. The van der Waals surface area contributed by atoms with Crippen LogP contribution in [-0.2, 0) is 5.33 Å². The normalized spacial score (nSPS) is 9.92. The van der Waals surface area contributed by atoms with Crippen LogP contribution in [0.15, 0.2) is 18.2 Å². The Balaban J connectivity index is 2.87. The minimum Gasteiger partial charge on any atom is -0.494 e. The van der Waals surface area contributed by atoms with Gasteiger partial charge >= 0.3 is 0 Å². The number of hydrogen-bond donors (Lipinski definition) is 0. The van der Waals surface area contributed by atoms with E-state index in [9.17, 15) is 0 Å². The molecule has 0 N–H and O–H groups in total. The van der Waals surface area contributed by atoms with Crippen LogP contribution in [-0.4, -0.2) is 6.61 Å². The fraction of sp³-hybridized carbons (Fsp3) is 0.400. The molecule has 0 amide bonds. The van der Waals surface area contributed by atoms with Gasteiger partial charge in [0.15, 0.2) is 0 Å². The van der Waals surface area contributed by atoms with Crippen LogP contribution in [0.25, 0.3) is 0 Å². The molecule has 0 aliphatic heterocycles. The van der Waals surface area contributed by atoms with Crippen molar-refractivity contribution in [3.63, 3.8) is 0 Å². The minimum atomic E-state index is 0.731. The molecule has 12 heavy (non-hydrogen) atoms. The van der Waals surface area contributed by atoms with Gasteiger partial charge in [-0.1, -0.05) is 28.1 Å². The van der Waals surface area contributed by atoms with E-state index in [1.54, 1.807) is 0 Å². The van der Waals surface area contributed by atoms with Gasteiger partial charge in [0.2, 0.25) is 0 Å². The number of halogens is 1. The average molecular weight is 229 g/mol. The van der Waals surface area contributed by atoms with Crippen molar-refractivity contribution < 1.29 is 4.74 Å². The highest BCUT2D eigenvalue weighted by atomic mass is 79.9. The van der Waals surface area contributed by atoms with Gasteiger partial charge in [0, 0.05) is 5.33 Å². The topological polar surface area (TPSA) is 9.23 Å². The Kier molecular flexibility index (Phi) is 3.60. The van der Waals surface area contributed by atoms with Crippen LogP contribution in [0.3, 0.4) is 0 Å². The van der Waals surface area contributed by atoms with Crippen molar-refractivity contribution in [1.29, 1.82) is 0 Å². The molecular formula is C10H13BrO. The number of ether oxygens (including phenoxy) is 1. The van der Waals surface area contributed by atoms with Gasteiger partial charge < -0.3 is 4.74 Å². The lowest BCUT2D eigenvalue weighted by molar-refractivity contribution is 0.338. The highest BCUT2D eigenvalue weighted by molar-refractivity contribution is 9.08. The Morgan fingerprint density at radius 2 is 2.17 bits per heavy atom. The summed E-state index contributed by atoms with van der Waals surface area (Å²) in [6, 6.07) is 6.24. The fourth-order valence-corrected chi connectivity index (χ4v) is 1.46. The third-order valence-electron chi connectivity index (χ3n) is 1.69. The standard InChI is InChI=1S/C10H13BrO/c1-3-12-10-5-4-9(7-11)6-8(10)2/h4-6H,3,7H2,1-2H3. The van der Waals surface area contributed by atoms with Gasteiger partial charge in [0.25, 0.3) is 0 Å². The van der Waals surface area contributed by atoms with Gasteiger partial charge in [0.1, 0.15) is 5.75 Å². The zero-order valence-electron chi connectivity index (χ0n) is 7.43. The molecule has 1 aromatic carbocycles. The van der Waals surface area contributed by atoms with Crippen LogP contribution < -0.4 is 4.74 Å². The van der Waals surface area contributed by atoms with Crippen LogP contribution in [0.5, 0.6) is 5.75 Å². The molecule has 2 heteroatoms. The van der Waals surface area contributed by atoms with Crippen LogP contribution in [0.4, 0.5) is 0 Å². The second kappa shape index (κ2) is 4.51. The lowest BCUT2D eigenvalue weighted by Gasteiger charge is -2.07. The summed E-state index contributed by atoms with van der Waals surface area (Å²) in [7, 11) is 0. The van der Waals surface area contributed by atoms with E-state index in [0.717, 1.165) is 17.7 Å². The van der Waals surface area contributed by atoms with Gasteiger partial charge in [-0.05, 0) is 31.0 Å². The Morgan fingerprint density at radius 1 is 1.42 bits per heavy atom. The Hall–Kier alpha value is -0.500. The maximum atomic E-state index is 5.42. The molecule has 0 bridgehead atoms. The quantitative estimate of drug-likeness (QED) is 0.722. The van der Waals surface area contributed by atoms with E-state index in [-0.39, 0.29) is 0 Å². The Morgan fingerprint density at radius 3 is 2.67 bits per heavy atom. The molecule has 0 fully saturated rings. The van der Waals surface area contributed by atoms with Gasteiger partial charge in [-0.15, -0.1) is 0 Å². The minimum absolute atomic E-state index is 0.731. The van der Waals surface area contributed by atoms with Crippen molar-refractivity contribution in [3.8, 4) is 5.75 Å². The molecule has 0 saturated carbocycles. The van der Waals surface area contributed by atoms with Crippen molar-refractivity contribution in [2.24, 2.45) is 0 Å². The molecule has 0 heterocycles. The molecule has 1 rings (SSSR count). The molecule has 0 aromatic heterocycles. The van der Waals surface area contributed by atoms with E-state index in [2.05, 4.69) is 35.0 Å². The SMILES string of the molecule is CCOc1ccc(CBr)cc1C. The molecule has 0 aliphatic carbocycles.